The molecule has 0 saturated heterocycles. The lowest BCUT2D eigenvalue weighted by molar-refractivity contribution is 0.463. The van der Waals surface area contributed by atoms with Gasteiger partial charge in [-0.25, -0.2) is 4.98 Å². The molecule has 1 atom stereocenters. The van der Waals surface area contributed by atoms with E-state index in [4.69, 9.17) is 22.3 Å². The van der Waals surface area contributed by atoms with Gasteiger partial charge in [0.05, 0.1) is 17.1 Å². The number of hydrogen-bond acceptors (Lipinski definition) is 2. The Morgan fingerprint density at radius 3 is 2.53 bits per heavy atom. The van der Waals surface area contributed by atoms with E-state index in [1.54, 1.807) is 0 Å². The van der Waals surface area contributed by atoms with Crippen molar-refractivity contribution in [2.24, 2.45) is 11.7 Å². The molecule has 1 aromatic carbocycles. The lowest BCUT2D eigenvalue weighted by Crippen LogP contribution is -2.19. The Morgan fingerprint density at radius 2 is 1.95 bits per heavy atom. The molecule has 0 spiro atoms. The van der Waals surface area contributed by atoms with Gasteiger partial charge in [0.2, 0.25) is 0 Å². The van der Waals surface area contributed by atoms with Crippen LogP contribution in [-0.2, 0) is 0 Å². The zero-order valence-corrected chi connectivity index (χ0v) is 12.8. The molecule has 0 saturated carbocycles. The van der Waals surface area contributed by atoms with Crippen molar-refractivity contribution in [3.8, 4) is 0 Å². The number of benzene rings is 1. The molecule has 0 radical (unpaired) electrons. The highest BCUT2D eigenvalue weighted by molar-refractivity contribution is 6.31. The fraction of sp³-hybridized carbons (Fsp3) is 0.533. The van der Waals surface area contributed by atoms with Gasteiger partial charge in [-0.15, -0.1) is 0 Å². The van der Waals surface area contributed by atoms with Crippen molar-refractivity contribution >= 4 is 22.6 Å². The minimum absolute atomic E-state index is 0.0337. The molecular formula is C15H22ClN3. The molecule has 2 N–H and O–H groups in total. The average Bonchev–Trinajstić information content (AvgIpc) is 2.66. The van der Waals surface area contributed by atoms with E-state index in [-0.39, 0.29) is 6.04 Å². The van der Waals surface area contributed by atoms with Gasteiger partial charge in [-0.05, 0) is 44.4 Å². The first-order valence-electron chi connectivity index (χ1n) is 6.83. The largest absolute Gasteiger partial charge is 0.324 e. The number of imidazole rings is 1. The molecule has 19 heavy (non-hydrogen) atoms. The van der Waals surface area contributed by atoms with Crippen LogP contribution >= 0.6 is 11.6 Å². The molecule has 0 amide bonds. The second-order valence-electron chi connectivity index (χ2n) is 5.80. The minimum Gasteiger partial charge on any atom is -0.324 e. The molecular weight excluding hydrogens is 258 g/mol. The Labute approximate surface area is 119 Å². The quantitative estimate of drug-likeness (QED) is 0.906. The van der Waals surface area contributed by atoms with Crippen LogP contribution in [-0.4, -0.2) is 9.55 Å². The third-order valence-electron chi connectivity index (χ3n) is 3.25. The van der Waals surface area contributed by atoms with Crippen molar-refractivity contribution in [3.63, 3.8) is 0 Å². The van der Waals surface area contributed by atoms with Crippen LogP contribution in [0.4, 0.5) is 0 Å². The molecule has 1 unspecified atom stereocenters. The van der Waals surface area contributed by atoms with Crippen molar-refractivity contribution < 1.29 is 0 Å². The van der Waals surface area contributed by atoms with Crippen molar-refractivity contribution in [1.29, 1.82) is 0 Å². The minimum atomic E-state index is -0.0337. The molecule has 4 heteroatoms. The predicted octanol–water partition coefficient (Wildman–Crippen LogP) is 4.32. The highest BCUT2D eigenvalue weighted by atomic mass is 35.5. The van der Waals surface area contributed by atoms with Crippen molar-refractivity contribution in [3.05, 3.63) is 29.0 Å². The zero-order chi connectivity index (χ0) is 14.2. The summed E-state index contributed by atoms with van der Waals surface area (Å²) < 4.78 is 2.22. The van der Waals surface area contributed by atoms with E-state index in [1.807, 2.05) is 18.2 Å². The number of aromatic nitrogens is 2. The first-order valence-corrected chi connectivity index (χ1v) is 7.21. The summed E-state index contributed by atoms with van der Waals surface area (Å²) in [7, 11) is 0. The summed E-state index contributed by atoms with van der Waals surface area (Å²) in [6.07, 6.45) is 0.934. The van der Waals surface area contributed by atoms with Gasteiger partial charge in [-0.2, -0.15) is 0 Å². The summed E-state index contributed by atoms with van der Waals surface area (Å²) in [5.41, 5.74) is 8.35. The molecule has 1 heterocycles. The van der Waals surface area contributed by atoms with Crippen molar-refractivity contribution in [1.82, 2.24) is 9.55 Å². The van der Waals surface area contributed by atoms with Crippen LogP contribution in [0.1, 0.15) is 52.0 Å². The van der Waals surface area contributed by atoms with E-state index in [1.165, 1.54) is 0 Å². The fourth-order valence-electron chi connectivity index (χ4n) is 2.51. The SMILES string of the molecule is CC(C)CC(N)c1nc2cc(Cl)ccc2n1C(C)C. The number of fused-ring (bicyclic) bond motifs is 1. The zero-order valence-electron chi connectivity index (χ0n) is 12.0. The Balaban J connectivity index is 2.56. The van der Waals surface area contributed by atoms with Gasteiger partial charge in [-0.1, -0.05) is 25.4 Å². The van der Waals surface area contributed by atoms with Crippen LogP contribution in [0.2, 0.25) is 5.02 Å². The van der Waals surface area contributed by atoms with E-state index in [0.29, 0.717) is 17.0 Å². The van der Waals surface area contributed by atoms with Crippen LogP contribution in [0, 0.1) is 5.92 Å². The Kier molecular flexibility index (Phi) is 4.16. The first kappa shape index (κ1) is 14.4. The standard InChI is InChI=1S/C15H22ClN3/c1-9(2)7-12(17)15-18-13-8-11(16)5-6-14(13)19(15)10(3)4/h5-6,8-10,12H,7,17H2,1-4H3. The van der Waals surface area contributed by atoms with Gasteiger partial charge in [0.1, 0.15) is 5.82 Å². The van der Waals surface area contributed by atoms with Crippen molar-refractivity contribution in [2.45, 2.75) is 46.2 Å². The molecule has 0 fully saturated rings. The second-order valence-corrected chi connectivity index (χ2v) is 6.24. The molecule has 1 aromatic heterocycles. The van der Waals surface area contributed by atoms with Gasteiger partial charge in [0, 0.05) is 11.1 Å². The lowest BCUT2D eigenvalue weighted by atomic mass is 10.0. The summed E-state index contributed by atoms with van der Waals surface area (Å²) in [6.45, 7) is 8.67. The highest BCUT2D eigenvalue weighted by Crippen LogP contribution is 2.28. The van der Waals surface area contributed by atoms with Gasteiger partial charge < -0.3 is 10.3 Å². The maximum atomic E-state index is 6.32. The van der Waals surface area contributed by atoms with Crippen LogP contribution in [0.3, 0.4) is 0 Å². The second kappa shape index (κ2) is 5.51. The number of nitrogens with two attached hydrogens (primary N) is 1. The van der Waals surface area contributed by atoms with Gasteiger partial charge in [0.25, 0.3) is 0 Å². The van der Waals surface area contributed by atoms with E-state index < -0.39 is 0 Å². The van der Waals surface area contributed by atoms with E-state index in [2.05, 4.69) is 32.3 Å². The Morgan fingerprint density at radius 1 is 1.26 bits per heavy atom. The van der Waals surface area contributed by atoms with E-state index in [9.17, 15) is 0 Å². The van der Waals surface area contributed by atoms with Crippen LogP contribution in [0.5, 0.6) is 0 Å². The molecule has 0 aliphatic rings. The maximum Gasteiger partial charge on any atom is 0.127 e. The van der Waals surface area contributed by atoms with E-state index in [0.717, 1.165) is 23.3 Å². The summed E-state index contributed by atoms with van der Waals surface area (Å²) in [5.74, 6) is 1.51. The fourth-order valence-corrected chi connectivity index (χ4v) is 2.67. The number of rotatable bonds is 4. The lowest BCUT2D eigenvalue weighted by Gasteiger charge is -2.18. The molecule has 2 rings (SSSR count). The van der Waals surface area contributed by atoms with Gasteiger partial charge in [0.15, 0.2) is 0 Å². The topological polar surface area (TPSA) is 43.8 Å². The third-order valence-corrected chi connectivity index (χ3v) is 3.49. The van der Waals surface area contributed by atoms with Crippen LogP contribution in [0.15, 0.2) is 18.2 Å². The molecule has 0 aliphatic carbocycles. The van der Waals surface area contributed by atoms with Crippen LogP contribution in [0.25, 0.3) is 11.0 Å². The first-order chi connectivity index (χ1) is 8.90. The maximum absolute atomic E-state index is 6.32. The average molecular weight is 280 g/mol. The normalized spacial score (nSPS) is 13.7. The Hall–Kier alpha value is -1.06. The monoisotopic (exact) mass is 279 g/mol. The molecule has 0 aliphatic heterocycles. The third kappa shape index (κ3) is 2.93. The number of halogens is 1. The smallest absolute Gasteiger partial charge is 0.127 e. The van der Waals surface area contributed by atoms with Crippen LogP contribution < -0.4 is 5.73 Å². The van der Waals surface area contributed by atoms with E-state index >= 15 is 0 Å². The molecule has 0 bridgehead atoms. The van der Waals surface area contributed by atoms with Gasteiger partial charge in [-0.3, -0.25) is 0 Å². The summed E-state index contributed by atoms with van der Waals surface area (Å²) in [5, 5.41) is 0.713. The molecule has 3 nitrogen and oxygen atoms in total. The molecule has 104 valence electrons. The van der Waals surface area contributed by atoms with Gasteiger partial charge >= 0.3 is 0 Å². The Bertz CT molecular complexity index is 572. The predicted molar refractivity (Wildman–Crippen MR) is 81.5 cm³/mol. The highest BCUT2D eigenvalue weighted by Gasteiger charge is 2.19. The number of nitrogens with zero attached hydrogens (tertiary/aromatic N) is 2. The summed E-state index contributed by atoms with van der Waals surface area (Å²) in [6, 6.07) is 6.13. The molecule has 2 aromatic rings. The summed E-state index contributed by atoms with van der Waals surface area (Å²) >= 11 is 6.04. The summed E-state index contributed by atoms with van der Waals surface area (Å²) in [4.78, 5) is 4.70. The number of hydrogen-bond donors (Lipinski definition) is 1. The van der Waals surface area contributed by atoms with Crippen molar-refractivity contribution in [2.75, 3.05) is 0 Å².